The van der Waals surface area contributed by atoms with Gasteiger partial charge in [-0.15, -0.1) is 0 Å². The van der Waals surface area contributed by atoms with Gasteiger partial charge < -0.3 is 8.98 Å². The Hall–Kier alpha value is -5.75. The molecule has 0 N–H and O–H groups in total. The number of nitrogens with zero attached hydrogens (tertiary/aromatic N) is 5. The van der Waals surface area contributed by atoms with Gasteiger partial charge >= 0.3 is 0 Å². The number of pyridine rings is 1. The molecule has 6 nitrogen and oxygen atoms in total. The molecule has 0 atom stereocenters. The molecule has 5 aromatic heterocycles. The summed E-state index contributed by atoms with van der Waals surface area (Å²) in [6, 6.07) is 39.4. The molecule has 192 valence electrons. The molecule has 0 aliphatic rings. The maximum absolute atomic E-state index is 6.11. The molecule has 0 spiro atoms. The van der Waals surface area contributed by atoms with Crippen molar-refractivity contribution in [1.29, 1.82) is 0 Å². The second kappa shape index (κ2) is 8.37. The maximum Gasteiger partial charge on any atom is 0.162 e. The van der Waals surface area contributed by atoms with Crippen LogP contribution in [0.2, 0.25) is 0 Å². The van der Waals surface area contributed by atoms with Crippen LogP contribution < -0.4 is 0 Å². The van der Waals surface area contributed by atoms with Crippen LogP contribution in [0, 0.1) is 0 Å². The van der Waals surface area contributed by atoms with Gasteiger partial charge in [-0.2, -0.15) is 5.10 Å². The van der Waals surface area contributed by atoms with Gasteiger partial charge in [-0.05, 0) is 36.4 Å². The van der Waals surface area contributed by atoms with E-state index in [0.717, 1.165) is 72.2 Å². The molecule has 0 unspecified atom stereocenters. The largest absolute Gasteiger partial charge is 0.460 e. The fourth-order valence-electron chi connectivity index (χ4n) is 6.02. The van der Waals surface area contributed by atoms with Crippen molar-refractivity contribution in [3.8, 4) is 39.6 Å². The fourth-order valence-corrected chi connectivity index (χ4v) is 6.02. The minimum Gasteiger partial charge on any atom is -0.460 e. The van der Waals surface area contributed by atoms with Crippen molar-refractivity contribution in [2.24, 2.45) is 0 Å². The zero-order chi connectivity index (χ0) is 26.9. The quantitative estimate of drug-likeness (QED) is 0.231. The SMILES string of the molecule is c1ccc(-c2cc(-c3ccc(-n4c5coc6c5c5c4cccc5n4nccc64)cc3)nc(-c3ccccc3)n2)cc1. The van der Waals surface area contributed by atoms with E-state index in [4.69, 9.17) is 14.4 Å². The summed E-state index contributed by atoms with van der Waals surface area (Å²) in [5.41, 5.74) is 11.0. The van der Waals surface area contributed by atoms with Crippen LogP contribution in [0.3, 0.4) is 0 Å². The fraction of sp³-hybridized carbons (Fsp3) is 0. The molecule has 4 aromatic carbocycles. The van der Waals surface area contributed by atoms with Gasteiger partial charge in [0.2, 0.25) is 0 Å². The number of rotatable bonds is 4. The van der Waals surface area contributed by atoms with Crippen molar-refractivity contribution in [2.75, 3.05) is 0 Å². The minimum absolute atomic E-state index is 0.707. The van der Waals surface area contributed by atoms with Gasteiger partial charge in [-0.1, -0.05) is 78.9 Å². The van der Waals surface area contributed by atoms with Crippen LogP contribution in [-0.2, 0) is 0 Å². The molecule has 0 radical (unpaired) electrons. The Morgan fingerprint density at radius 2 is 1.22 bits per heavy atom. The lowest BCUT2D eigenvalue weighted by Gasteiger charge is -2.11. The number of benzene rings is 4. The van der Waals surface area contributed by atoms with Crippen molar-refractivity contribution in [3.63, 3.8) is 0 Å². The number of hydrogen-bond acceptors (Lipinski definition) is 4. The molecule has 0 bridgehead atoms. The highest BCUT2D eigenvalue weighted by atomic mass is 16.3. The van der Waals surface area contributed by atoms with E-state index in [-0.39, 0.29) is 0 Å². The maximum atomic E-state index is 6.11. The first-order valence-corrected chi connectivity index (χ1v) is 13.5. The summed E-state index contributed by atoms with van der Waals surface area (Å²) in [6.07, 6.45) is 3.68. The van der Waals surface area contributed by atoms with Crippen LogP contribution in [0.15, 0.2) is 132 Å². The van der Waals surface area contributed by atoms with Crippen molar-refractivity contribution in [1.82, 2.24) is 24.1 Å². The molecule has 0 amide bonds. The number of fused-ring (bicyclic) bond motifs is 3. The third kappa shape index (κ3) is 3.22. The van der Waals surface area contributed by atoms with Gasteiger partial charge in [-0.25, -0.2) is 14.5 Å². The molecule has 0 aliphatic carbocycles. The summed E-state index contributed by atoms with van der Waals surface area (Å²) in [5.74, 6) is 0.707. The van der Waals surface area contributed by atoms with Gasteiger partial charge in [-0.3, -0.25) is 0 Å². The lowest BCUT2D eigenvalue weighted by Crippen LogP contribution is -1.97. The average Bonchev–Trinajstić information content (AvgIpc) is 3.78. The van der Waals surface area contributed by atoms with Crippen LogP contribution in [0.25, 0.3) is 78.0 Å². The zero-order valence-corrected chi connectivity index (χ0v) is 21.8. The van der Waals surface area contributed by atoms with Crippen molar-refractivity contribution in [2.45, 2.75) is 0 Å². The molecule has 0 saturated carbocycles. The van der Waals surface area contributed by atoms with E-state index in [0.29, 0.717) is 5.82 Å². The van der Waals surface area contributed by atoms with Crippen LogP contribution >= 0.6 is 0 Å². The van der Waals surface area contributed by atoms with E-state index in [9.17, 15) is 0 Å². The first-order valence-electron chi connectivity index (χ1n) is 13.5. The van der Waals surface area contributed by atoms with Gasteiger partial charge in [0, 0.05) is 27.8 Å². The second-order valence-electron chi connectivity index (χ2n) is 10.2. The topological polar surface area (TPSA) is 61.2 Å². The molecule has 0 fully saturated rings. The molecule has 6 heteroatoms. The van der Waals surface area contributed by atoms with Crippen LogP contribution in [-0.4, -0.2) is 24.1 Å². The summed E-state index contributed by atoms with van der Waals surface area (Å²) < 4.78 is 10.3. The van der Waals surface area contributed by atoms with Crippen LogP contribution in [0.5, 0.6) is 0 Å². The van der Waals surface area contributed by atoms with E-state index >= 15 is 0 Å². The second-order valence-corrected chi connectivity index (χ2v) is 10.2. The standard InChI is InChI=1S/C35H21N5O/c1-3-8-22(9-4-1)26-20-27(38-35(37-26)24-10-5-2-6-11-24)23-14-16-25(17-15-23)39-28-12-7-13-29-32(28)33-31(39)21-41-34(33)30-18-19-36-40(29)30/h1-21H. The first-order chi connectivity index (χ1) is 20.3. The highest BCUT2D eigenvalue weighted by Gasteiger charge is 2.23. The lowest BCUT2D eigenvalue weighted by atomic mass is 10.1. The predicted molar refractivity (Wildman–Crippen MR) is 162 cm³/mol. The third-order valence-electron chi connectivity index (χ3n) is 7.88. The summed E-state index contributed by atoms with van der Waals surface area (Å²) in [5, 5.41) is 6.85. The predicted octanol–water partition coefficient (Wildman–Crippen LogP) is 8.41. The number of aromatic nitrogens is 5. The van der Waals surface area contributed by atoms with Gasteiger partial charge in [0.05, 0.1) is 39.5 Å². The highest BCUT2D eigenvalue weighted by Crippen LogP contribution is 2.41. The summed E-state index contributed by atoms with van der Waals surface area (Å²) >= 11 is 0. The zero-order valence-electron chi connectivity index (χ0n) is 21.8. The molecule has 0 aliphatic heterocycles. The van der Waals surface area contributed by atoms with Crippen molar-refractivity contribution < 1.29 is 4.42 Å². The Kier molecular flexibility index (Phi) is 4.51. The Morgan fingerprint density at radius 1 is 0.537 bits per heavy atom. The van der Waals surface area contributed by atoms with Crippen LogP contribution in [0.4, 0.5) is 0 Å². The van der Waals surface area contributed by atoms with E-state index in [1.165, 1.54) is 0 Å². The number of hydrogen-bond donors (Lipinski definition) is 0. The Morgan fingerprint density at radius 3 is 1.98 bits per heavy atom. The van der Waals surface area contributed by atoms with Gasteiger partial charge in [0.15, 0.2) is 11.4 Å². The lowest BCUT2D eigenvalue weighted by molar-refractivity contribution is 0.619. The molecule has 5 heterocycles. The van der Waals surface area contributed by atoms with Crippen molar-refractivity contribution >= 4 is 38.4 Å². The summed E-state index contributed by atoms with van der Waals surface area (Å²) in [4.78, 5) is 9.91. The highest BCUT2D eigenvalue weighted by molar-refractivity contribution is 6.25. The molecular formula is C35H21N5O. The van der Waals surface area contributed by atoms with Gasteiger partial charge in [0.25, 0.3) is 0 Å². The van der Waals surface area contributed by atoms with Crippen molar-refractivity contribution in [3.05, 3.63) is 128 Å². The average molecular weight is 528 g/mol. The first kappa shape index (κ1) is 22.1. The van der Waals surface area contributed by atoms with Gasteiger partial charge in [0.1, 0.15) is 11.8 Å². The summed E-state index contributed by atoms with van der Waals surface area (Å²) in [7, 11) is 0. The van der Waals surface area contributed by atoms with E-state index in [1.807, 2.05) is 71.6 Å². The minimum atomic E-state index is 0.707. The molecular weight excluding hydrogens is 506 g/mol. The van der Waals surface area contributed by atoms with E-state index in [1.54, 1.807) is 0 Å². The third-order valence-corrected chi connectivity index (χ3v) is 7.88. The van der Waals surface area contributed by atoms with Crippen LogP contribution in [0.1, 0.15) is 0 Å². The normalized spacial score (nSPS) is 11.9. The Balaban J connectivity index is 1.21. The molecule has 9 rings (SSSR count). The number of furan rings is 1. The monoisotopic (exact) mass is 527 g/mol. The summed E-state index contributed by atoms with van der Waals surface area (Å²) in [6.45, 7) is 0. The Labute approximate surface area is 234 Å². The molecule has 9 aromatic rings. The molecule has 0 saturated heterocycles. The van der Waals surface area contributed by atoms with E-state index < -0.39 is 0 Å². The Bertz CT molecular complexity index is 2290. The molecule has 41 heavy (non-hydrogen) atoms. The smallest absolute Gasteiger partial charge is 0.162 e. The van der Waals surface area contributed by atoms with E-state index in [2.05, 4.69) is 70.3 Å².